The number of hydrogen-bond acceptors (Lipinski definition) is 14. The molecule has 14 heteroatoms. The average Bonchev–Trinajstić information content (AvgIpc) is 3.68. The van der Waals surface area contributed by atoms with Gasteiger partial charge in [0.1, 0.15) is 12.5 Å². The number of phenolic OH excluding ortho intramolecular Hbond substituents is 1. The van der Waals surface area contributed by atoms with Crippen LogP contribution in [0.4, 0.5) is 0 Å². The Hall–Kier alpha value is -3.32. The van der Waals surface area contributed by atoms with Crippen molar-refractivity contribution in [2.24, 2.45) is 28.5 Å². The van der Waals surface area contributed by atoms with Crippen LogP contribution in [0.15, 0.2) is 23.2 Å². The third kappa shape index (κ3) is 10.8. The van der Waals surface area contributed by atoms with Crippen molar-refractivity contribution >= 4 is 33.3 Å². The van der Waals surface area contributed by atoms with E-state index in [4.69, 9.17) is 24.9 Å². The lowest BCUT2D eigenvalue weighted by Gasteiger charge is -2.37. The Morgan fingerprint density at radius 2 is 1.84 bits per heavy atom. The molecule has 2 heterocycles. The number of benzene rings is 2. The van der Waals surface area contributed by atoms with Crippen molar-refractivity contribution in [1.82, 2.24) is 10.6 Å². The molecular formula is C41H56N4O8S2. The number of phenols is 1. The third-order valence-electron chi connectivity index (χ3n) is 11.2. The first-order valence-corrected chi connectivity index (χ1v) is 22.1. The van der Waals surface area contributed by atoms with Gasteiger partial charge in [0.25, 0.3) is 0 Å². The lowest BCUT2D eigenvalue weighted by Crippen LogP contribution is -2.45. The molecule has 1 fully saturated rings. The van der Waals surface area contributed by atoms with Crippen LogP contribution in [-0.4, -0.2) is 88.2 Å². The number of Topliss-reactive ketones (excluding diaryl/α,β-unsaturated/α-hetero) is 1. The first kappa shape index (κ1) is 41.3. The number of carbonyl (C=O) groups is 1. The molecule has 12 nitrogen and oxygen atoms in total. The summed E-state index contributed by atoms with van der Waals surface area (Å²) < 4.78 is 18.5. The molecule has 4 aliphatic rings. The van der Waals surface area contributed by atoms with Gasteiger partial charge in [-0.15, -0.1) is 0 Å². The smallest absolute Gasteiger partial charge is 0.201 e. The highest BCUT2D eigenvalue weighted by molar-refractivity contribution is 8.76. The number of aromatic hydroxyl groups is 1. The minimum atomic E-state index is -1.14. The highest BCUT2D eigenvalue weighted by Crippen LogP contribution is 2.46. The van der Waals surface area contributed by atoms with Crippen molar-refractivity contribution < 1.29 is 39.4 Å². The fourth-order valence-electron chi connectivity index (χ4n) is 7.84. The molecule has 1 saturated carbocycles. The Bertz CT molecular complexity index is 1740. The topological polar surface area (TPSA) is 188 Å². The zero-order valence-electron chi connectivity index (χ0n) is 31.9. The second-order valence-corrected chi connectivity index (χ2v) is 17.9. The lowest BCUT2D eigenvalue weighted by molar-refractivity contribution is -0.121. The molecule has 5 atom stereocenters. The van der Waals surface area contributed by atoms with Gasteiger partial charge in [0.2, 0.25) is 6.29 Å². The Labute approximate surface area is 332 Å². The molecular weight excluding hydrogens is 741 g/mol. The number of carbonyl (C=O) groups excluding carboxylic acids is 1. The first-order valence-electron chi connectivity index (χ1n) is 19.6. The largest absolute Gasteiger partial charge is 0.504 e. The average molecular weight is 797 g/mol. The summed E-state index contributed by atoms with van der Waals surface area (Å²) in [5.41, 5.74) is 10.0. The second-order valence-electron chi connectivity index (χ2n) is 15.4. The van der Waals surface area contributed by atoms with E-state index in [-0.39, 0.29) is 61.2 Å². The maximum atomic E-state index is 13.1. The van der Waals surface area contributed by atoms with E-state index in [2.05, 4.69) is 42.4 Å². The highest BCUT2D eigenvalue weighted by atomic mass is 33.1. The Morgan fingerprint density at radius 1 is 1.04 bits per heavy atom. The molecule has 2 aliphatic carbocycles. The van der Waals surface area contributed by atoms with Gasteiger partial charge in [-0.05, 0) is 67.6 Å². The molecule has 2 aliphatic heterocycles. The number of guanidine groups is 1. The van der Waals surface area contributed by atoms with Gasteiger partial charge in [-0.25, -0.2) is 0 Å². The molecule has 55 heavy (non-hydrogen) atoms. The van der Waals surface area contributed by atoms with E-state index in [1.807, 2.05) is 0 Å². The van der Waals surface area contributed by atoms with Crippen molar-refractivity contribution in [3.8, 4) is 34.8 Å². The lowest BCUT2D eigenvalue weighted by atomic mass is 9.81. The van der Waals surface area contributed by atoms with E-state index in [1.165, 1.54) is 18.9 Å². The number of aliphatic hydroxyl groups is 3. The summed E-state index contributed by atoms with van der Waals surface area (Å²) in [5, 5.41) is 50.0. The molecule has 0 amide bonds. The Kier molecular flexibility index (Phi) is 14.8. The molecule has 300 valence electrons. The van der Waals surface area contributed by atoms with Crippen LogP contribution in [0.3, 0.4) is 0 Å². The van der Waals surface area contributed by atoms with Gasteiger partial charge in [-0.3, -0.25) is 15.1 Å². The quantitative estimate of drug-likeness (QED) is 0.115. The summed E-state index contributed by atoms with van der Waals surface area (Å²) >= 11 is 0. The predicted molar refractivity (Wildman–Crippen MR) is 216 cm³/mol. The monoisotopic (exact) mass is 796 g/mol. The van der Waals surface area contributed by atoms with E-state index in [9.17, 15) is 25.2 Å². The van der Waals surface area contributed by atoms with Gasteiger partial charge in [0, 0.05) is 66.4 Å². The van der Waals surface area contributed by atoms with Gasteiger partial charge in [-0.1, -0.05) is 72.3 Å². The molecule has 2 aromatic carbocycles. The van der Waals surface area contributed by atoms with Crippen molar-refractivity contribution in [2.75, 3.05) is 31.6 Å². The number of nitrogens with one attached hydrogen (secondary N) is 2. The summed E-state index contributed by atoms with van der Waals surface area (Å²) in [5.74, 6) is 9.24. The van der Waals surface area contributed by atoms with Crippen LogP contribution < -0.4 is 30.6 Å². The summed E-state index contributed by atoms with van der Waals surface area (Å²) in [6.45, 7) is 4.34. The standard InChI is InChI=1S/C41H56N4O8S2/c1-24(2)35-21-55-54-20-28(19-43-41(42)45-35)34-18-33-26-11-14-31(48)17-30(47)13-10-25-12-15-36(49)38(52-23-46)32(25)9-5-6-27(16-26)37(39(33)53-40(34)50)51-22-44-29-7-3-4-8-29/h12,15-16,24,28-29,31,34-35,40,44,46,48-50H,3-4,6-8,10-11,13-14,17-23H2,1-2H3,(H3,42,43,45)/t28-,31-,34+,35-,40-/m1/s1. The van der Waals surface area contributed by atoms with Crippen molar-refractivity contribution in [3.05, 3.63) is 46.0 Å². The second kappa shape index (κ2) is 19.7. The van der Waals surface area contributed by atoms with Crippen LogP contribution >= 0.6 is 21.6 Å². The summed E-state index contributed by atoms with van der Waals surface area (Å²) in [7, 11) is 3.57. The summed E-state index contributed by atoms with van der Waals surface area (Å²) in [6.07, 6.45) is 4.61. The van der Waals surface area contributed by atoms with E-state index >= 15 is 0 Å². The van der Waals surface area contributed by atoms with Gasteiger partial charge in [0.15, 0.2) is 35.8 Å². The van der Waals surface area contributed by atoms with Gasteiger partial charge in [-0.2, -0.15) is 0 Å². The number of aliphatic imine (C=N–C) groups is 1. The molecule has 2 aromatic rings. The van der Waals surface area contributed by atoms with E-state index in [1.54, 1.807) is 27.7 Å². The fraction of sp³-hybridized carbons (Fsp3) is 0.610. The zero-order valence-corrected chi connectivity index (χ0v) is 33.5. The maximum Gasteiger partial charge on any atom is 0.201 e. The van der Waals surface area contributed by atoms with Crippen molar-refractivity contribution in [2.45, 2.75) is 109 Å². The van der Waals surface area contributed by atoms with Crippen LogP contribution in [0.5, 0.6) is 23.0 Å². The molecule has 6 rings (SSSR count). The number of nitrogens with zero attached hydrogens (tertiary/aromatic N) is 1. The van der Waals surface area contributed by atoms with Crippen LogP contribution in [0.1, 0.15) is 86.6 Å². The molecule has 0 saturated heterocycles. The summed E-state index contributed by atoms with van der Waals surface area (Å²) in [6, 6.07) is 5.79. The van der Waals surface area contributed by atoms with E-state index in [0.29, 0.717) is 72.8 Å². The molecule has 0 aromatic heterocycles. The molecule has 0 unspecified atom stereocenters. The SMILES string of the molecule is CC(C)[C@H]1CSSC[C@H]([C@@H]2Cc3c4cc(c(OCNC5CCCC5)c3O[C@H]2O)CC#Cc2c(ccc(O)c2OCO)CCC(=O)C[C@H](O)CC4)CN=C(N)N1. The number of hydrogen-bond donors (Lipinski definition) is 7. The predicted octanol–water partition coefficient (Wildman–Crippen LogP) is 4.19. The normalized spacial score (nSPS) is 25.5. The maximum absolute atomic E-state index is 13.1. The number of ketones is 1. The van der Waals surface area contributed by atoms with Crippen molar-refractivity contribution in [1.29, 1.82) is 0 Å². The number of aliphatic hydroxyl groups excluding tert-OH is 3. The van der Waals surface area contributed by atoms with Crippen molar-refractivity contribution in [3.63, 3.8) is 0 Å². The minimum Gasteiger partial charge on any atom is -0.504 e. The molecule has 2 bridgehead atoms. The third-order valence-corrected chi connectivity index (χ3v) is 13.7. The van der Waals surface area contributed by atoms with Crippen LogP contribution in [0.25, 0.3) is 0 Å². The number of aryl methyl sites for hydroxylation is 2. The molecule has 8 N–H and O–H groups in total. The van der Waals surface area contributed by atoms with Crippen LogP contribution in [0, 0.1) is 29.6 Å². The van der Waals surface area contributed by atoms with E-state index < -0.39 is 19.2 Å². The molecule has 0 spiro atoms. The number of nitrogens with two attached hydrogens (primary N) is 1. The van der Waals surface area contributed by atoms with Gasteiger partial charge < -0.3 is 45.7 Å². The van der Waals surface area contributed by atoms with Gasteiger partial charge >= 0.3 is 0 Å². The minimum absolute atomic E-state index is 0.00209. The van der Waals surface area contributed by atoms with E-state index in [0.717, 1.165) is 41.0 Å². The number of fused-ring (bicyclic) bond motifs is 5. The zero-order chi connectivity index (χ0) is 38.9. The Morgan fingerprint density at radius 3 is 2.62 bits per heavy atom. The highest BCUT2D eigenvalue weighted by Gasteiger charge is 2.38. The first-order chi connectivity index (χ1) is 26.6. The number of rotatable bonds is 8. The van der Waals surface area contributed by atoms with Gasteiger partial charge in [0.05, 0.1) is 11.7 Å². The van der Waals surface area contributed by atoms with Crippen LogP contribution in [0.2, 0.25) is 0 Å². The number of ether oxygens (including phenoxy) is 3. The molecule has 0 radical (unpaired) electrons. The van der Waals surface area contributed by atoms with Crippen LogP contribution in [-0.2, 0) is 30.5 Å². The fourth-order valence-corrected chi connectivity index (χ4v) is 10.7. The Balaban J connectivity index is 1.39. The summed E-state index contributed by atoms with van der Waals surface area (Å²) in [4.78, 5) is 17.8.